The lowest BCUT2D eigenvalue weighted by Crippen LogP contribution is -2.42. The molecule has 1 fully saturated rings. The van der Waals surface area contributed by atoms with Crippen LogP contribution in [0.2, 0.25) is 0 Å². The summed E-state index contributed by atoms with van der Waals surface area (Å²) in [7, 11) is 1.37. The molecule has 7 nitrogen and oxygen atoms in total. The highest BCUT2D eigenvalue weighted by Gasteiger charge is 2.25. The second kappa shape index (κ2) is 7.38. The van der Waals surface area contributed by atoms with Crippen LogP contribution in [0.5, 0.6) is 0 Å². The van der Waals surface area contributed by atoms with E-state index in [1.54, 1.807) is 18.3 Å². The third-order valence-corrected chi connectivity index (χ3v) is 4.50. The summed E-state index contributed by atoms with van der Waals surface area (Å²) in [5.41, 5.74) is 2.84. The van der Waals surface area contributed by atoms with Crippen molar-refractivity contribution in [3.05, 3.63) is 47.3 Å². The predicted octanol–water partition coefficient (Wildman–Crippen LogP) is 2.22. The average molecular weight is 342 g/mol. The van der Waals surface area contributed by atoms with Crippen LogP contribution in [0, 0.1) is 6.92 Å². The number of carbonyl (C=O) groups excluding carboxylic acids is 2. The number of hydrogen-bond donors (Lipinski definition) is 2. The topological polar surface area (TPSA) is 87.3 Å². The Labute approximate surface area is 146 Å². The Morgan fingerprint density at radius 1 is 1.32 bits per heavy atom. The Bertz CT molecular complexity index is 763. The van der Waals surface area contributed by atoms with E-state index in [2.05, 4.69) is 15.5 Å². The molecular formula is C18H22N4O3. The molecular weight excluding hydrogens is 320 g/mol. The van der Waals surface area contributed by atoms with Crippen LogP contribution in [0.4, 0.5) is 5.69 Å². The van der Waals surface area contributed by atoms with Gasteiger partial charge in [0.15, 0.2) is 0 Å². The minimum atomic E-state index is -0.348. The third-order valence-electron chi connectivity index (χ3n) is 4.50. The number of H-pyrrole nitrogens is 1. The van der Waals surface area contributed by atoms with Gasteiger partial charge in [-0.05, 0) is 38.0 Å². The molecule has 0 radical (unpaired) electrons. The number of esters is 1. The second-order valence-electron chi connectivity index (χ2n) is 6.19. The van der Waals surface area contributed by atoms with Gasteiger partial charge in [0, 0.05) is 30.5 Å². The third kappa shape index (κ3) is 3.81. The summed E-state index contributed by atoms with van der Waals surface area (Å²) in [4.78, 5) is 26.0. The molecule has 1 aromatic heterocycles. The fourth-order valence-electron chi connectivity index (χ4n) is 3.05. The van der Waals surface area contributed by atoms with Gasteiger partial charge in [-0.2, -0.15) is 5.10 Å². The number of nitrogens with one attached hydrogen (secondary N) is 2. The van der Waals surface area contributed by atoms with Gasteiger partial charge in [0.1, 0.15) is 0 Å². The Balaban J connectivity index is 1.57. The van der Waals surface area contributed by atoms with Crippen molar-refractivity contribution in [2.24, 2.45) is 0 Å². The van der Waals surface area contributed by atoms with Crippen LogP contribution in [-0.4, -0.2) is 53.2 Å². The molecule has 1 aliphatic rings. The zero-order chi connectivity index (χ0) is 17.8. The summed E-state index contributed by atoms with van der Waals surface area (Å²) < 4.78 is 4.75. The second-order valence-corrected chi connectivity index (χ2v) is 6.19. The van der Waals surface area contributed by atoms with Crippen LogP contribution in [0.3, 0.4) is 0 Å². The van der Waals surface area contributed by atoms with Crippen molar-refractivity contribution in [3.63, 3.8) is 0 Å². The standard InChI is InChI=1S/C18H22N4O3/c1-12-16(11-19-21-12)17(23)22-8-6-14(7-9-22)20-15-5-3-4-13(10-15)18(24)25-2/h3-5,10-11,14,20H,6-9H2,1-2H3,(H,19,21). The van der Waals surface area contributed by atoms with E-state index in [0.717, 1.165) is 24.2 Å². The summed E-state index contributed by atoms with van der Waals surface area (Å²) in [5.74, 6) is -0.322. The van der Waals surface area contributed by atoms with Crippen molar-refractivity contribution in [3.8, 4) is 0 Å². The number of benzene rings is 1. The van der Waals surface area contributed by atoms with E-state index in [1.165, 1.54) is 7.11 Å². The van der Waals surface area contributed by atoms with E-state index in [-0.39, 0.29) is 17.9 Å². The number of aromatic amines is 1. The van der Waals surface area contributed by atoms with E-state index < -0.39 is 0 Å². The highest BCUT2D eigenvalue weighted by Crippen LogP contribution is 2.20. The van der Waals surface area contributed by atoms with Crippen LogP contribution in [0.15, 0.2) is 30.5 Å². The van der Waals surface area contributed by atoms with E-state index in [9.17, 15) is 9.59 Å². The maximum atomic E-state index is 12.5. The number of hydrogen-bond acceptors (Lipinski definition) is 5. The first kappa shape index (κ1) is 17.0. The van der Waals surface area contributed by atoms with E-state index in [0.29, 0.717) is 24.2 Å². The van der Waals surface area contributed by atoms with Crippen molar-refractivity contribution in [1.29, 1.82) is 0 Å². The van der Waals surface area contributed by atoms with Gasteiger partial charge in [0.25, 0.3) is 5.91 Å². The summed E-state index contributed by atoms with van der Waals surface area (Å²) >= 11 is 0. The molecule has 1 amide bonds. The van der Waals surface area contributed by atoms with Gasteiger partial charge in [0.2, 0.25) is 0 Å². The lowest BCUT2D eigenvalue weighted by atomic mass is 10.0. The lowest BCUT2D eigenvalue weighted by Gasteiger charge is -2.33. The highest BCUT2D eigenvalue weighted by molar-refractivity contribution is 5.95. The van der Waals surface area contributed by atoms with E-state index in [1.807, 2.05) is 24.0 Å². The summed E-state index contributed by atoms with van der Waals surface area (Å²) in [5, 5.41) is 10.2. The Morgan fingerprint density at radius 3 is 2.72 bits per heavy atom. The maximum Gasteiger partial charge on any atom is 0.337 e. The number of aromatic nitrogens is 2. The van der Waals surface area contributed by atoms with Gasteiger partial charge in [-0.25, -0.2) is 4.79 Å². The Morgan fingerprint density at radius 2 is 2.08 bits per heavy atom. The first-order valence-corrected chi connectivity index (χ1v) is 8.32. The monoisotopic (exact) mass is 342 g/mol. The average Bonchev–Trinajstić information content (AvgIpc) is 3.07. The number of nitrogens with zero attached hydrogens (tertiary/aromatic N) is 2. The molecule has 0 bridgehead atoms. The number of likely N-dealkylation sites (tertiary alicyclic amines) is 1. The number of aryl methyl sites for hydroxylation is 1. The molecule has 132 valence electrons. The molecule has 3 rings (SSSR count). The largest absolute Gasteiger partial charge is 0.465 e. The van der Waals surface area contributed by atoms with Gasteiger partial charge in [-0.3, -0.25) is 9.89 Å². The minimum Gasteiger partial charge on any atom is -0.465 e. The van der Waals surface area contributed by atoms with Crippen molar-refractivity contribution in [1.82, 2.24) is 15.1 Å². The molecule has 2 N–H and O–H groups in total. The van der Waals surface area contributed by atoms with Crippen molar-refractivity contribution >= 4 is 17.6 Å². The fourth-order valence-corrected chi connectivity index (χ4v) is 3.05. The fraction of sp³-hybridized carbons (Fsp3) is 0.389. The molecule has 1 saturated heterocycles. The van der Waals surface area contributed by atoms with Crippen LogP contribution in [-0.2, 0) is 4.74 Å². The van der Waals surface area contributed by atoms with Crippen molar-refractivity contribution in [2.75, 3.05) is 25.5 Å². The molecule has 1 aromatic carbocycles. The van der Waals surface area contributed by atoms with Gasteiger partial charge >= 0.3 is 5.97 Å². The molecule has 0 atom stereocenters. The Kier molecular flexibility index (Phi) is 5.02. The molecule has 2 heterocycles. The molecule has 0 unspecified atom stereocenters. The molecule has 0 saturated carbocycles. The van der Waals surface area contributed by atoms with E-state index in [4.69, 9.17) is 4.74 Å². The smallest absolute Gasteiger partial charge is 0.337 e. The zero-order valence-electron chi connectivity index (χ0n) is 14.4. The van der Waals surface area contributed by atoms with Gasteiger partial charge in [-0.15, -0.1) is 0 Å². The number of carbonyl (C=O) groups is 2. The van der Waals surface area contributed by atoms with Crippen LogP contribution in [0.25, 0.3) is 0 Å². The first-order valence-electron chi connectivity index (χ1n) is 8.32. The molecule has 1 aliphatic heterocycles. The van der Waals surface area contributed by atoms with Gasteiger partial charge < -0.3 is 15.0 Å². The number of methoxy groups -OCH3 is 1. The number of rotatable bonds is 4. The zero-order valence-corrected chi connectivity index (χ0v) is 14.4. The summed E-state index contributed by atoms with van der Waals surface area (Å²) in [6.07, 6.45) is 3.29. The normalized spacial score (nSPS) is 15.0. The first-order chi connectivity index (χ1) is 12.1. The molecule has 25 heavy (non-hydrogen) atoms. The van der Waals surface area contributed by atoms with Crippen molar-refractivity contribution in [2.45, 2.75) is 25.8 Å². The van der Waals surface area contributed by atoms with Crippen LogP contribution < -0.4 is 5.32 Å². The highest BCUT2D eigenvalue weighted by atomic mass is 16.5. The summed E-state index contributed by atoms with van der Waals surface area (Å²) in [6, 6.07) is 7.54. The molecule has 2 aromatic rings. The number of amides is 1. The Hall–Kier alpha value is -2.83. The van der Waals surface area contributed by atoms with Gasteiger partial charge in [-0.1, -0.05) is 6.07 Å². The minimum absolute atomic E-state index is 0.0254. The van der Waals surface area contributed by atoms with Gasteiger partial charge in [0.05, 0.1) is 24.4 Å². The van der Waals surface area contributed by atoms with E-state index >= 15 is 0 Å². The summed E-state index contributed by atoms with van der Waals surface area (Å²) in [6.45, 7) is 3.23. The number of ether oxygens (including phenoxy) is 1. The molecule has 7 heteroatoms. The van der Waals surface area contributed by atoms with Crippen LogP contribution >= 0.6 is 0 Å². The number of piperidine rings is 1. The molecule has 0 spiro atoms. The van der Waals surface area contributed by atoms with Crippen LogP contribution in [0.1, 0.15) is 39.3 Å². The number of anilines is 1. The lowest BCUT2D eigenvalue weighted by molar-refractivity contribution is 0.0600. The SMILES string of the molecule is COC(=O)c1cccc(NC2CCN(C(=O)c3cn[nH]c3C)CC2)c1. The quantitative estimate of drug-likeness (QED) is 0.832. The predicted molar refractivity (Wildman–Crippen MR) is 93.7 cm³/mol. The van der Waals surface area contributed by atoms with Crippen molar-refractivity contribution < 1.29 is 14.3 Å². The molecule has 0 aliphatic carbocycles. The maximum absolute atomic E-state index is 12.5.